The van der Waals surface area contributed by atoms with Crippen LogP contribution in [0.4, 0.5) is 0 Å². The van der Waals surface area contributed by atoms with Gasteiger partial charge in [0.15, 0.2) is 0 Å². The normalized spacial score (nSPS) is 11.3. The van der Waals surface area contributed by atoms with Gasteiger partial charge in [0.05, 0.1) is 6.61 Å². The summed E-state index contributed by atoms with van der Waals surface area (Å²) < 4.78 is 5.83. The Labute approximate surface area is 118 Å². The Morgan fingerprint density at radius 1 is 1.05 bits per heavy atom. The van der Waals surface area contributed by atoms with Gasteiger partial charge >= 0.3 is 0 Å². The molecule has 0 spiro atoms. The minimum atomic E-state index is 0.674. The second-order valence-corrected chi connectivity index (χ2v) is 5.66. The smallest absolute Gasteiger partial charge is 0.119 e. The van der Waals surface area contributed by atoms with Crippen molar-refractivity contribution in [3.8, 4) is 5.75 Å². The van der Waals surface area contributed by atoms with Gasteiger partial charge in [0, 0.05) is 6.54 Å². The van der Waals surface area contributed by atoms with E-state index in [4.69, 9.17) is 4.74 Å². The summed E-state index contributed by atoms with van der Waals surface area (Å²) >= 11 is 0. The van der Waals surface area contributed by atoms with Crippen LogP contribution in [0.25, 0.3) is 0 Å². The van der Waals surface area contributed by atoms with E-state index >= 15 is 0 Å². The van der Waals surface area contributed by atoms with Crippen molar-refractivity contribution in [1.29, 1.82) is 0 Å². The lowest BCUT2D eigenvalue weighted by molar-refractivity contribution is 0.240. The van der Waals surface area contributed by atoms with Gasteiger partial charge in [-0.2, -0.15) is 0 Å². The predicted molar refractivity (Wildman–Crippen MR) is 82.6 cm³/mol. The molecule has 19 heavy (non-hydrogen) atoms. The molecule has 0 aliphatic rings. The van der Waals surface area contributed by atoms with Crippen LogP contribution in [0.2, 0.25) is 0 Å². The zero-order valence-corrected chi connectivity index (χ0v) is 12.9. The molecule has 0 bridgehead atoms. The Balaban J connectivity index is 2.34. The molecule has 2 heteroatoms. The fourth-order valence-corrected chi connectivity index (χ4v) is 1.95. The summed E-state index contributed by atoms with van der Waals surface area (Å²) in [6, 6.07) is 8.45. The lowest BCUT2D eigenvalue weighted by atomic mass is 10.1. The highest BCUT2D eigenvalue weighted by Gasteiger charge is 2.04. The van der Waals surface area contributed by atoms with Crippen molar-refractivity contribution >= 4 is 0 Å². The lowest BCUT2D eigenvalue weighted by Gasteiger charge is -2.14. The number of hydrogen-bond donors (Lipinski definition) is 1. The minimum Gasteiger partial charge on any atom is -0.493 e. The summed E-state index contributed by atoms with van der Waals surface area (Å²) in [6.45, 7) is 11.7. The maximum absolute atomic E-state index is 5.83. The molecule has 0 aliphatic carbocycles. The highest BCUT2D eigenvalue weighted by molar-refractivity contribution is 5.27. The molecule has 0 fully saturated rings. The van der Waals surface area contributed by atoms with Crippen LogP contribution in [0, 0.1) is 11.8 Å². The third kappa shape index (κ3) is 6.63. The Kier molecular flexibility index (Phi) is 7.57. The first-order chi connectivity index (χ1) is 9.15. The number of ether oxygens (including phenoxy) is 1. The maximum Gasteiger partial charge on any atom is 0.119 e. The summed E-state index contributed by atoms with van der Waals surface area (Å²) in [4.78, 5) is 0. The van der Waals surface area contributed by atoms with Crippen LogP contribution in [0.1, 0.15) is 46.1 Å². The average Bonchev–Trinajstić information content (AvgIpc) is 2.41. The Bertz CT molecular complexity index is 328. The van der Waals surface area contributed by atoms with Crippen molar-refractivity contribution in [1.82, 2.24) is 5.32 Å². The molecule has 0 amide bonds. The monoisotopic (exact) mass is 263 g/mol. The molecule has 0 radical (unpaired) electrons. The van der Waals surface area contributed by atoms with E-state index in [0.29, 0.717) is 11.8 Å². The largest absolute Gasteiger partial charge is 0.493 e. The van der Waals surface area contributed by atoms with Crippen LogP contribution in [0.15, 0.2) is 24.3 Å². The quantitative estimate of drug-likeness (QED) is 0.719. The molecule has 1 aromatic carbocycles. The second kappa shape index (κ2) is 8.98. The molecule has 0 aliphatic heterocycles. The van der Waals surface area contributed by atoms with Crippen molar-refractivity contribution in [3.63, 3.8) is 0 Å². The zero-order valence-electron chi connectivity index (χ0n) is 12.9. The van der Waals surface area contributed by atoms with Gasteiger partial charge in [-0.05, 0) is 36.1 Å². The van der Waals surface area contributed by atoms with E-state index in [1.165, 1.54) is 18.4 Å². The Morgan fingerprint density at radius 3 is 2.21 bits per heavy atom. The fourth-order valence-electron chi connectivity index (χ4n) is 1.95. The van der Waals surface area contributed by atoms with Gasteiger partial charge in [-0.1, -0.05) is 52.7 Å². The molecule has 1 aromatic rings. The molecule has 1 rings (SSSR count). The molecule has 1 N–H and O–H groups in total. The third-order valence-corrected chi connectivity index (χ3v) is 3.45. The average molecular weight is 263 g/mol. The van der Waals surface area contributed by atoms with Gasteiger partial charge in [0.1, 0.15) is 5.75 Å². The van der Waals surface area contributed by atoms with Crippen LogP contribution >= 0.6 is 0 Å². The summed E-state index contributed by atoms with van der Waals surface area (Å²) in [7, 11) is 0. The van der Waals surface area contributed by atoms with Gasteiger partial charge in [-0.25, -0.2) is 0 Å². The third-order valence-electron chi connectivity index (χ3n) is 3.45. The summed E-state index contributed by atoms with van der Waals surface area (Å²) in [5.74, 6) is 2.36. The highest BCUT2D eigenvalue weighted by Crippen LogP contribution is 2.15. The van der Waals surface area contributed by atoms with Crippen molar-refractivity contribution < 1.29 is 4.74 Å². The van der Waals surface area contributed by atoms with Crippen molar-refractivity contribution in [2.75, 3.05) is 13.2 Å². The van der Waals surface area contributed by atoms with E-state index in [9.17, 15) is 0 Å². The highest BCUT2D eigenvalue weighted by atomic mass is 16.5. The molecule has 0 saturated heterocycles. The Morgan fingerprint density at radius 2 is 1.68 bits per heavy atom. The van der Waals surface area contributed by atoms with Crippen LogP contribution in [-0.4, -0.2) is 13.2 Å². The van der Waals surface area contributed by atoms with Crippen LogP contribution in [0.5, 0.6) is 5.75 Å². The lowest BCUT2D eigenvalue weighted by Crippen LogP contribution is -2.18. The Hall–Kier alpha value is -1.02. The number of benzene rings is 1. The van der Waals surface area contributed by atoms with Crippen LogP contribution in [-0.2, 0) is 6.54 Å². The van der Waals surface area contributed by atoms with Gasteiger partial charge in [0.2, 0.25) is 0 Å². The van der Waals surface area contributed by atoms with Gasteiger partial charge in [-0.15, -0.1) is 0 Å². The molecule has 0 saturated carbocycles. The molecule has 0 aromatic heterocycles. The van der Waals surface area contributed by atoms with Gasteiger partial charge in [0.25, 0.3) is 0 Å². The molecular weight excluding hydrogens is 234 g/mol. The summed E-state index contributed by atoms with van der Waals surface area (Å²) in [6.07, 6.45) is 2.38. The summed E-state index contributed by atoms with van der Waals surface area (Å²) in [5, 5.41) is 3.45. The number of rotatable bonds is 9. The van der Waals surface area contributed by atoms with E-state index in [1.54, 1.807) is 0 Å². The topological polar surface area (TPSA) is 21.3 Å². The predicted octanol–water partition coefficient (Wildman–Crippen LogP) is 4.25. The van der Waals surface area contributed by atoms with Crippen molar-refractivity contribution in [3.05, 3.63) is 29.8 Å². The molecule has 0 unspecified atom stereocenters. The first kappa shape index (κ1) is 16.0. The fraction of sp³-hybridized carbons (Fsp3) is 0.647. The maximum atomic E-state index is 5.83. The van der Waals surface area contributed by atoms with Crippen LogP contribution in [0.3, 0.4) is 0 Å². The zero-order chi connectivity index (χ0) is 14.1. The van der Waals surface area contributed by atoms with Crippen molar-refractivity contribution in [2.45, 2.75) is 47.1 Å². The number of hydrogen-bond acceptors (Lipinski definition) is 2. The van der Waals surface area contributed by atoms with E-state index in [2.05, 4.69) is 57.3 Å². The minimum absolute atomic E-state index is 0.674. The van der Waals surface area contributed by atoms with E-state index in [1.807, 2.05) is 0 Å². The van der Waals surface area contributed by atoms with E-state index in [-0.39, 0.29) is 0 Å². The van der Waals surface area contributed by atoms with Crippen LogP contribution < -0.4 is 10.1 Å². The second-order valence-electron chi connectivity index (χ2n) is 5.66. The first-order valence-corrected chi connectivity index (χ1v) is 7.58. The standard InChI is InChI=1S/C17H29NO/c1-5-15(6-2)13-19-17-9-7-16(8-10-17)12-18-11-14(3)4/h7-10,14-15,18H,5-6,11-13H2,1-4H3. The molecule has 0 heterocycles. The van der Waals surface area contributed by atoms with Crippen molar-refractivity contribution in [2.24, 2.45) is 11.8 Å². The molecule has 0 atom stereocenters. The summed E-state index contributed by atoms with van der Waals surface area (Å²) in [5.41, 5.74) is 1.32. The SMILES string of the molecule is CCC(CC)COc1ccc(CNCC(C)C)cc1. The number of nitrogens with one attached hydrogen (secondary N) is 1. The van der Waals surface area contributed by atoms with Gasteiger partial charge < -0.3 is 10.1 Å². The first-order valence-electron chi connectivity index (χ1n) is 7.58. The molecule has 108 valence electrons. The molecule has 2 nitrogen and oxygen atoms in total. The molecular formula is C17H29NO. The van der Waals surface area contributed by atoms with Gasteiger partial charge in [-0.3, -0.25) is 0 Å². The van der Waals surface area contributed by atoms with E-state index in [0.717, 1.165) is 25.4 Å². The van der Waals surface area contributed by atoms with E-state index < -0.39 is 0 Å².